The highest BCUT2D eigenvalue weighted by molar-refractivity contribution is 5.89. The van der Waals surface area contributed by atoms with Gasteiger partial charge in [-0.1, -0.05) is 5.21 Å². The van der Waals surface area contributed by atoms with Gasteiger partial charge in [0.2, 0.25) is 5.91 Å². The van der Waals surface area contributed by atoms with E-state index in [0.717, 1.165) is 18.2 Å². The van der Waals surface area contributed by atoms with Gasteiger partial charge in [0.05, 0.1) is 30.5 Å². The second kappa shape index (κ2) is 9.42. The van der Waals surface area contributed by atoms with Crippen molar-refractivity contribution >= 4 is 30.0 Å². The Labute approximate surface area is 165 Å². The number of anilines is 1. The van der Waals surface area contributed by atoms with Gasteiger partial charge in [-0.05, 0) is 18.6 Å². The summed E-state index contributed by atoms with van der Waals surface area (Å²) in [5, 5.41) is 18.4. The van der Waals surface area contributed by atoms with Crippen LogP contribution in [0.3, 0.4) is 0 Å². The monoisotopic (exact) mass is 415 g/mol. The minimum Gasteiger partial charge on any atom is -0.358 e. The fraction of sp³-hybridized carbons (Fsp3) is 0.375. The fourth-order valence-electron chi connectivity index (χ4n) is 2.80. The third kappa shape index (κ3) is 5.14. The van der Waals surface area contributed by atoms with E-state index in [9.17, 15) is 18.4 Å². The Kier molecular flexibility index (Phi) is 7.24. The van der Waals surface area contributed by atoms with Gasteiger partial charge in [0.25, 0.3) is 0 Å². The molecule has 1 saturated heterocycles. The maximum atomic E-state index is 13.5. The quantitative estimate of drug-likeness (QED) is 0.580. The van der Waals surface area contributed by atoms with Crippen molar-refractivity contribution in [1.82, 2.24) is 30.9 Å². The zero-order chi connectivity index (χ0) is 19.4. The number of nitrogens with one attached hydrogen (secondary N) is 4. The van der Waals surface area contributed by atoms with E-state index >= 15 is 0 Å². The summed E-state index contributed by atoms with van der Waals surface area (Å²) < 4.78 is 28.3. The number of likely N-dealkylation sites (N-methyl/N-ethyl adjacent to an activating group) is 1. The summed E-state index contributed by atoms with van der Waals surface area (Å²) in [4.78, 5) is 23.5. The first-order valence-electron chi connectivity index (χ1n) is 8.32. The van der Waals surface area contributed by atoms with Crippen molar-refractivity contribution in [3.8, 4) is 0 Å². The summed E-state index contributed by atoms with van der Waals surface area (Å²) in [6, 6.07) is 1.78. The SMILES string of the molecule is CNC(=O)[C@@H]1C[C@@H](n2cc(CNC(=O)Nc3cc(F)ccc3F)nn2)CN1.Cl. The average Bonchev–Trinajstić information content (AvgIpc) is 3.31. The highest BCUT2D eigenvalue weighted by Crippen LogP contribution is 2.19. The zero-order valence-corrected chi connectivity index (χ0v) is 15.7. The van der Waals surface area contributed by atoms with E-state index in [-0.39, 0.29) is 42.6 Å². The smallest absolute Gasteiger partial charge is 0.319 e. The van der Waals surface area contributed by atoms with Gasteiger partial charge in [-0.25, -0.2) is 18.3 Å². The largest absolute Gasteiger partial charge is 0.358 e. The third-order valence-corrected chi connectivity index (χ3v) is 4.21. The number of hydrogen-bond donors (Lipinski definition) is 4. The van der Waals surface area contributed by atoms with Gasteiger partial charge >= 0.3 is 6.03 Å². The summed E-state index contributed by atoms with van der Waals surface area (Å²) in [7, 11) is 1.58. The first kappa shape index (κ1) is 21.5. The van der Waals surface area contributed by atoms with E-state index in [1.165, 1.54) is 0 Å². The van der Waals surface area contributed by atoms with Crippen LogP contribution in [0.1, 0.15) is 18.2 Å². The van der Waals surface area contributed by atoms with Crippen LogP contribution in [0.4, 0.5) is 19.3 Å². The first-order chi connectivity index (χ1) is 13.0. The van der Waals surface area contributed by atoms with Crippen molar-refractivity contribution in [1.29, 1.82) is 0 Å². The van der Waals surface area contributed by atoms with Crippen LogP contribution in [0.25, 0.3) is 0 Å². The van der Waals surface area contributed by atoms with E-state index in [2.05, 4.69) is 31.6 Å². The van der Waals surface area contributed by atoms with Crippen molar-refractivity contribution in [3.05, 3.63) is 41.7 Å². The number of amides is 3. The molecular formula is C16H20ClF2N7O2. The molecule has 0 bridgehead atoms. The number of urea groups is 1. The van der Waals surface area contributed by atoms with Crippen LogP contribution < -0.4 is 21.3 Å². The number of carbonyl (C=O) groups excluding carboxylic acids is 2. The van der Waals surface area contributed by atoms with Gasteiger partial charge in [0.15, 0.2) is 0 Å². The van der Waals surface area contributed by atoms with E-state index in [4.69, 9.17) is 0 Å². The third-order valence-electron chi connectivity index (χ3n) is 4.21. The van der Waals surface area contributed by atoms with Crippen LogP contribution in [0.5, 0.6) is 0 Å². The Morgan fingerprint density at radius 3 is 2.89 bits per heavy atom. The van der Waals surface area contributed by atoms with Crippen molar-refractivity contribution in [2.75, 3.05) is 18.9 Å². The molecule has 2 aromatic rings. The second-order valence-corrected chi connectivity index (χ2v) is 6.09. The summed E-state index contributed by atoms with van der Waals surface area (Å²) >= 11 is 0. The lowest BCUT2D eigenvalue weighted by Gasteiger charge is -2.09. The molecule has 3 rings (SSSR count). The fourth-order valence-corrected chi connectivity index (χ4v) is 2.80. The van der Waals surface area contributed by atoms with Crippen molar-refractivity contribution in [3.63, 3.8) is 0 Å². The highest BCUT2D eigenvalue weighted by atomic mass is 35.5. The summed E-state index contributed by atoms with van der Waals surface area (Å²) in [5.41, 5.74) is 0.238. The molecule has 1 aliphatic rings. The molecule has 1 fully saturated rings. The summed E-state index contributed by atoms with van der Waals surface area (Å²) in [5.74, 6) is -1.48. The zero-order valence-electron chi connectivity index (χ0n) is 14.9. The molecule has 2 atom stereocenters. The molecule has 0 radical (unpaired) electrons. The number of carbonyl (C=O) groups is 2. The van der Waals surface area contributed by atoms with Crippen LogP contribution in [0.15, 0.2) is 24.4 Å². The van der Waals surface area contributed by atoms with E-state index in [1.54, 1.807) is 17.9 Å². The standard InChI is InChI=1S/C16H19F2N7O2.ClH/c1-19-15(26)14-5-11(7-20-14)25-8-10(23-24-25)6-21-16(27)22-13-4-9(17)2-3-12(13)18;/h2-4,8,11,14,20H,5-7H2,1H3,(H,19,26)(H2,21,22,27);1H/t11-,14+;/m1./s1. The molecule has 0 unspecified atom stereocenters. The van der Waals surface area contributed by atoms with Gasteiger partial charge < -0.3 is 21.3 Å². The summed E-state index contributed by atoms with van der Waals surface area (Å²) in [6.07, 6.45) is 2.25. The Morgan fingerprint density at radius 2 is 2.14 bits per heavy atom. The van der Waals surface area contributed by atoms with Gasteiger partial charge in [0.1, 0.15) is 17.3 Å². The van der Waals surface area contributed by atoms with Crippen LogP contribution >= 0.6 is 12.4 Å². The molecule has 28 heavy (non-hydrogen) atoms. The molecule has 12 heteroatoms. The molecule has 3 amide bonds. The number of halogens is 3. The number of rotatable bonds is 5. The van der Waals surface area contributed by atoms with Gasteiger partial charge in [0, 0.05) is 19.7 Å². The number of aromatic nitrogens is 3. The van der Waals surface area contributed by atoms with Crippen molar-refractivity contribution < 1.29 is 18.4 Å². The number of nitrogens with zero attached hydrogens (tertiary/aromatic N) is 3. The van der Waals surface area contributed by atoms with Crippen LogP contribution in [0, 0.1) is 11.6 Å². The first-order valence-corrected chi connectivity index (χ1v) is 8.32. The molecule has 152 valence electrons. The summed E-state index contributed by atoms with van der Waals surface area (Å²) in [6.45, 7) is 0.634. The predicted octanol–water partition coefficient (Wildman–Crippen LogP) is 0.949. The Bertz CT molecular complexity index is 848. The van der Waals surface area contributed by atoms with E-state index < -0.39 is 17.7 Å². The number of benzene rings is 1. The van der Waals surface area contributed by atoms with Crippen LogP contribution in [-0.4, -0.2) is 46.6 Å². The minimum atomic E-state index is -0.739. The Hall–Kier alpha value is -2.79. The molecule has 0 saturated carbocycles. The molecule has 0 spiro atoms. The van der Waals surface area contributed by atoms with Gasteiger partial charge in [-0.3, -0.25) is 4.79 Å². The molecule has 1 aliphatic heterocycles. The molecule has 1 aromatic heterocycles. The topological polar surface area (TPSA) is 113 Å². The van der Waals surface area contributed by atoms with Crippen LogP contribution in [0.2, 0.25) is 0 Å². The molecule has 2 heterocycles. The maximum Gasteiger partial charge on any atom is 0.319 e. The Morgan fingerprint density at radius 1 is 1.36 bits per heavy atom. The van der Waals surface area contributed by atoms with Crippen LogP contribution in [-0.2, 0) is 11.3 Å². The molecule has 9 nitrogen and oxygen atoms in total. The highest BCUT2D eigenvalue weighted by Gasteiger charge is 2.30. The van der Waals surface area contributed by atoms with E-state index in [1.807, 2.05) is 0 Å². The van der Waals surface area contributed by atoms with Gasteiger partial charge in [-0.15, -0.1) is 17.5 Å². The molecule has 1 aromatic carbocycles. The van der Waals surface area contributed by atoms with Gasteiger partial charge in [-0.2, -0.15) is 0 Å². The lowest BCUT2D eigenvalue weighted by atomic mass is 10.1. The molecule has 4 N–H and O–H groups in total. The predicted molar refractivity (Wildman–Crippen MR) is 99.0 cm³/mol. The normalized spacial score (nSPS) is 18.2. The van der Waals surface area contributed by atoms with E-state index in [0.29, 0.717) is 18.7 Å². The lowest BCUT2D eigenvalue weighted by molar-refractivity contribution is -0.122. The maximum absolute atomic E-state index is 13.5. The van der Waals surface area contributed by atoms with Crippen molar-refractivity contribution in [2.24, 2.45) is 0 Å². The minimum absolute atomic E-state index is 0. The molecule has 0 aliphatic carbocycles. The lowest BCUT2D eigenvalue weighted by Crippen LogP contribution is -2.38. The number of hydrogen-bond acceptors (Lipinski definition) is 5. The van der Waals surface area contributed by atoms with Crippen molar-refractivity contribution in [2.45, 2.75) is 25.0 Å². The average molecular weight is 416 g/mol. The Balaban J connectivity index is 0.00000280. The second-order valence-electron chi connectivity index (χ2n) is 6.09. The molecular weight excluding hydrogens is 396 g/mol.